The number of hydrogen-bond donors (Lipinski definition) is 7. The molecule has 6 atom stereocenters. The average Bonchev–Trinajstić information content (AvgIpc) is 2.61. The number of amides is 2. The first-order valence-electron chi connectivity index (χ1n) is 7.76. The number of anilines is 1. The van der Waals surface area contributed by atoms with Crippen molar-refractivity contribution in [3.05, 3.63) is 24.3 Å². The smallest absolute Gasteiger partial charge is 0.383 e. The van der Waals surface area contributed by atoms with Crippen molar-refractivity contribution >= 4 is 30.8 Å². The van der Waals surface area contributed by atoms with E-state index in [9.17, 15) is 24.7 Å². The van der Waals surface area contributed by atoms with Crippen molar-refractivity contribution < 1.29 is 43.6 Å². The molecule has 11 nitrogen and oxygen atoms in total. The van der Waals surface area contributed by atoms with E-state index < -0.39 is 50.1 Å². The molecule has 1 heterocycles. The minimum atomic E-state index is -4.12. The molecule has 2 amide bonds. The third-order valence-electron chi connectivity index (χ3n) is 3.67. The first-order chi connectivity index (χ1) is 12.6. The topological polar surface area (TPSA) is 167 Å². The van der Waals surface area contributed by atoms with Crippen LogP contribution < -0.4 is 15.4 Å². The van der Waals surface area contributed by atoms with Crippen molar-refractivity contribution in [3.8, 4) is 5.75 Å². The van der Waals surface area contributed by atoms with Crippen molar-refractivity contribution in [2.24, 2.45) is 0 Å². The Kier molecular flexibility index (Phi) is 7.48. The van der Waals surface area contributed by atoms with E-state index >= 15 is 0 Å². The Morgan fingerprint density at radius 3 is 2.41 bits per heavy atom. The minimum Gasteiger partial charge on any atom is -0.462 e. The maximum absolute atomic E-state index is 11.2. The van der Waals surface area contributed by atoms with E-state index in [1.54, 1.807) is 0 Å². The van der Waals surface area contributed by atoms with Crippen LogP contribution in [-0.4, -0.2) is 70.6 Å². The van der Waals surface area contributed by atoms with E-state index in [1.165, 1.54) is 31.3 Å². The molecule has 1 fully saturated rings. The number of aliphatic hydroxyl groups excluding tert-OH is 3. The van der Waals surface area contributed by atoms with Gasteiger partial charge < -0.3 is 40.3 Å². The summed E-state index contributed by atoms with van der Waals surface area (Å²) >= 11 is 3.34. The molecule has 1 saturated heterocycles. The molecule has 1 aliphatic rings. The number of urea groups is 1. The van der Waals surface area contributed by atoms with Gasteiger partial charge in [-0.15, -0.1) is 0 Å². The lowest BCUT2D eigenvalue weighted by atomic mass is 9.99. The fourth-order valence-corrected chi connectivity index (χ4v) is 2.81. The van der Waals surface area contributed by atoms with Crippen LogP contribution in [0, 0.1) is 0 Å². The molecule has 0 aromatic heterocycles. The largest absolute Gasteiger partial charge is 0.462 e. The van der Waals surface area contributed by atoms with E-state index in [1.807, 2.05) is 0 Å². The molecular weight excluding hydrogens is 403 g/mol. The van der Waals surface area contributed by atoms with Crippen LogP contribution in [-0.2, 0) is 13.8 Å². The molecule has 0 aliphatic carbocycles. The molecule has 0 spiro atoms. The highest BCUT2D eigenvalue weighted by molar-refractivity contribution is 8.44. The van der Waals surface area contributed by atoms with Crippen molar-refractivity contribution in [2.45, 2.75) is 30.7 Å². The second-order valence-electron chi connectivity index (χ2n) is 5.65. The Hall–Kier alpha value is -1.37. The van der Waals surface area contributed by atoms with E-state index in [4.69, 9.17) is 14.4 Å². The summed E-state index contributed by atoms with van der Waals surface area (Å²) in [6, 6.07) is 5.64. The number of aliphatic hydroxyl groups is 3. The van der Waals surface area contributed by atoms with Crippen molar-refractivity contribution in [2.75, 3.05) is 19.0 Å². The zero-order valence-electron chi connectivity index (χ0n) is 14.1. The van der Waals surface area contributed by atoms with Crippen LogP contribution in [0.2, 0.25) is 0 Å². The molecule has 0 bridgehead atoms. The number of thiol groups is 1. The Labute approximate surface area is 159 Å². The van der Waals surface area contributed by atoms with Crippen LogP contribution in [0.15, 0.2) is 24.3 Å². The van der Waals surface area contributed by atoms with Crippen LogP contribution in [0.1, 0.15) is 0 Å². The minimum absolute atomic E-state index is 0.242. The first kappa shape index (κ1) is 21.9. The van der Waals surface area contributed by atoms with E-state index in [0.717, 1.165) is 0 Å². The van der Waals surface area contributed by atoms with Gasteiger partial charge in [0.25, 0.3) is 0 Å². The van der Waals surface area contributed by atoms with E-state index in [0.29, 0.717) is 5.69 Å². The molecule has 13 heteroatoms. The lowest BCUT2D eigenvalue weighted by molar-refractivity contribution is -0.276. The van der Waals surface area contributed by atoms with Crippen molar-refractivity contribution in [1.82, 2.24) is 5.32 Å². The molecule has 1 aliphatic heterocycles. The summed E-state index contributed by atoms with van der Waals surface area (Å²) < 4.78 is 26.5. The maximum atomic E-state index is 11.2. The summed E-state index contributed by atoms with van der Waals surface area (Å²) in [5.74, 6) is 0.242. The molecule has 152 valence electrons. The predicted molar refractivity (Wildman–Crippen MR) is 96.6 cm³/mol. The SMILES string of the molecule is CNC(=O)Nc1ccc(O[C@H]2O[C@H](COP(=O)(O)S)[C@@H](O)[C@H](O)[C@@H]2O)cc1. The number of nitrogens with one attached hydrogen (secondary N) is 2. The van der Waals surface area contributed by atoms with Gasteiger partial charge in [-0.05, 0) is 24.3 Å². The number of ether oxygens (including phenoxy) is 2. The quantitative estimate of drug-likeness (QED) is 0.239. The van der Waals surface area contributed by atoms with E-state index in [2.05, 4.69) is 27.4 Å². The summed E-state index contributed by atoms with van der Waals surface area (Å²) in [6.07, 6.45) is -7.41. The van der Waals surface area contributed by atoms with Gasteiger partial charge in [0.2, 0.25) is 6.29 Å². The summed E-state index contributed by atoms with van der Waals surface area (Å²) in [6.45, 7) is -4.68. The molecule has 6 N–H and O–H groups in total. The number of rotatable bonds is 6. The molecule has 0 saturated carbocycles. The van der Waals surface area contributed by atoms with Gasteiger partial charge in [0.15, 0.2) is 0 Å². The summed E-state index contributed by atoms with van der Waals surface area (Å²) in [5.41, 5.74) is 0.487. The molecule has 27 heavy (non-hydrogen) atoms. The summed E-state index contributed by atoms with van der Waals surface area (Å²) in [4.78, 5) is 20.3. The monoisotopic (exact) mass is 424 g/mol. The van der Waals surface area contributed by atoms with Crippen molar-refractivity contribution in [1.29, 1.82) is 0 Å². The van der Waals surface area contributed by atoms with Gasteiger partial charge in [-0.2, -0.15) is 0 Å². The second kappa shape index (κ2) is 9.22. The molecule has 1 aromatic carbocycles. The Morgan fingerprint density at radius 2 is 1.85 bits per heavy atom. The number of carbonyl (C=O) groups excluding carboxylic acids is 1. The highest BCUT2D eigenvalue weighted by Crippen LogP contribution is 2.47. The van der Waals surface area contributed by atoms with Gasteiger partial charge in [0, 0.05) is 12.7 Å². The van der Waals surface area contributed by atoms with Gasteiger partial charge in [0.1, 0.15) is 30.2 Å². The van der Waals surface area contributed by atoms with Crippen molar-refractivity contribution in [3.63, 3.8) is 0 Å². The Balaban J connectivity index is 2.03. The zero-order valence-corrected chi connectivity index (χ0v) is 15.9. The molecule has 2 rings (SSSR count). The number of hydrogen-bond acceptors (Lipinski definition) is 8. The lowest BCUT2D eigenvalue weighted by Crippen LogP contribution is -2.60. The second-order valence-corrected chi connectivity index (χ2v) is 8.40. The van der Waals surface area contributed by atoms with Gasteiger partial charge in [-0.25, -0.2) is 9.36 Å². The molecule has 0 radical (unpaired) electrons. The standard InChI is InChI=1S/C14H21N2O9PS/c1-15-14(20)16-7-2-4-8(5-3-7)24-13-12(19)11(18)10(17)9(25-13)6-23-26(21,22)27/h2-5,9-13,17-19H,6H2,1H3,(H2,15,16,20)(H2,21,22,27)/t9-,10-,11+,12+,13+/m1/s1. The van der Waals surface area contributed by atoms with Crippen LogP contribution in [0.25, 0.3) is 0 Å². The van der Waals surface area contributed by atoms with Gasteiger partial charge in [0.05, 0.1) is 6.61 Å². The third kappa shape index (κ3) is 6.33. The Bertz CT molecular complexity index is 686. The van der Waals surface area contributed by atoms with Crippen LogP contribution in [0.5, 0.6) is 5.75 Å². The highest BCUT2D eigenvalue weighted by Gasteiger charge is 2.45. The summed E-state index contributed by atoms with van der Waals surface area (Å²) in [7, 11) is 1.47. The zero-order chi connectivity index (χ0) is 20.2. The van der Waals surface area contributed by atoms with Crippen LogP contribution in [0.3, 0.4) is 0 Å². The fourth-order valence-electron chi connectivity index (χ4n) is 2.27. The molecule has 1 aromatic rings. The first-order valence-corrected chi connectivity index (χ1v) is 10.5. The molecule has 1 unspecified atom stereocenters. The maximum Gasteiger partial charge on any atom is 0.383 e. The fraction of sp³-hybridized carbons (Fsp3) is 0.500. The predicted octanol–water partition coefficient (Wildman–Crippen LogP) is -0.329. The number of benzene rings is 1. The van der Waals surface area contributed by atoms with E-state index in [-0.39, 0.29) is 5.75 Å². The highest BCUT2D eigenvalue weighted by atomic mass is 32.7. The lowest BCUT2D eigenvalue weighted by Gasteiger charge is -2.40. The Morgan fingerprint density at radius 1 is 1.22 bits per heavy atom. The molecular formula is C14H21N2O9PS. The van der Waals surface area contributed by atoms with Crippen LogP contribution >= 0.6 is 19.0 Å². The normalized spacial score (nSPS) is 30.2. The summed E-state index contributed by atoms with van der Waals surface area (Å²) in [5, 5.41) is 34.8. The van der Waals surface area contributed by atoms with Gasteiger partial charge in [-0.3, -0.25) is 4.52 Å². The van der Waals surface area contributed by atoms with Gasteiger partial charge >= 0.3 is 12.8 Å². The number of carbonyl (C=O) groups is 1. The third-order valence-corrected chi connectivity index (χ3v) is 4.50. The van der Waals surface area contributed by atoms with Gasteiger partial charge in [-0.1, -0.05) is 12.2 Å². The van der Waals surface area contributed by atoms with Crippen LogP contribution in [0.4, 0.5) is 10.5 Å². The average molecular weight is 424 g/mol.